The monoisotopic (exact) mass is 239 g/mol. The predicted octanol–water partition coefficient (Wildman–Crippen LogP) is 2.60. The van der Waals surface area contributed by atoms with E-state index in [1.165, 1.54) is 32.1 Å². The second-order valence-electron chi connectivity index (χ2n) is 2.82. The lowest BCUT2D eigenvalue weighted by atomic mass is 9.96. The van der Waals surface area contributed by atoms with Crippen molar-refractivity contribution in [2.24, 2.45) is 0 Å². The van der Waals surface area contributed by atoms with Crippen LogP contribution in [0.15, 0.2) is 0 Å². The lowest BCUT2D eigenvalue weighted by molar-refractivity contribution is 0.324. The fraction of sp³-hybridized carbons (Fsp3) is 1.00. The second-order valence-corrected chi connectivity index (χ2v) is 4.34. The molecular formula is C7H14IN. The zero-order chi connectivity index (χ0) is 6.69. The molecule has 1 rings (SSSR count). The molecule has 0 aromatic rings. The van der Waals surface area contributed by atoms with Crippen molar-refractivity contribution in [2.45, 2.75) is 38.1 Å². The zero-order valence-corrected chi connectivity index (χ0v) is 8.10. The van der Waals surface area contributed by atoms with Crippen molar-refractivity contribution in [3.63, 3.8) is 0 Å². The van der Waals surface area contributed by atoms with Crippen LogP contribution in [0.4, 0.5) is 0 Å². The maximum atomic E-state index is 2.40. The molecule has 0 saturated heterocycles. The van der Waals surface area contributed by atoms with Gasteiger partial charge in [0.05, 0.1) is 0 Å². The maximum absolute atomic E-state index is 2.40. The summed E-state index contributed by atoms with van der Waals surface area (Å²) in [5.41, 5.74) is 0. The Bertz CT molecular complexity index is 77.0. The van der Waals surface area contributed by atoms with Crippen LogP contribution in [0.2, 0.25) is 0 Å². The van der Waals surface area contributed by atoms with Crippen LogP contribution in [-0.4, -0.2) is 16.2 Å². The van der Waals surface area contributed by atoms with E-state index in [2.05, 4.69) is 33.0 Å². The quantitative estimate of drug-likeness (QED) is 0.502. The van der Waals surface area contributed by atoms with E-state index in [0.717, 1.165) is 6.04 Å². The van der Waals surface area contributed by atoms with E-state index in [1.807, 2.05) is 0 Å². The van der Waals surface area contributed by atoms with Crippen LogP contribution >= 0.6 is 22.9 Å². The Morgan fingerprint density at radius 3 is 2.11 bits per heavy atom. The van der Waals surface area contributed by atoms with E-state index in [-0.39, 0.29) is 0 Å². The van der Waals surface area contributed by atoms with Gasteiger partial charge >= 0.3 is 0 Å². The summed E-state index contributed by atoms with van der Waals surface area (Å²) in [5.74, 6) is 0. The summed E-state index contributed by atoms with van der Waals surface area (Å²) in [5, 5.41) is 0. The molecule has 2 heteroatoms. The van der Waals surface area contributed by atoms with E-state index in [9.17, 15) is 0 Å². The van der Waals surface area contributed by atoms with Crippen molar-refractivity contribution in [3.8, 4) is 0 Å². The maximum Gasteiger partial charge on any atom is 0.0201 e. The van der Waals surface area contributed by atoms with Gasteiger partial charge in [0, 0.05) is 28.9 Å². The Kier molecular flexibility index (Phi) is 3.26. The highest BCUT2D eigenvalue weighted by atomic mass is 127. The van der Waals surface area contributed by atoms with Gasteiger partial charge in [0.2, 0.25) is 0 Å². The van der Waals surface area contributed by atoms with Gasteiger partial charge in [-0.25, -0.2) is 3.11 Å². The normalized spacial score (nSPS) is 23.0. The standard InChI is InChI=1S/C7H14IN/c1-9(8)7-5-3-2-4-6-7/h7H,2-6H2,1H3. The Labute approximate surface area is 71.3 Å². The molecule has 0 aromatic carbocycles. The minimum absolute atomic E-state index is 0.874. The highest BCUT2D eigenvalue weighted by molar-refractivity contribution is 14.1. The van der Waals surface area contributed by atoms with Gasteiger partial charge in [-0.15, -0.1) is 0 Å². The fourth-order valence-corrected chi connectivity index (χ4v) is 1.99. The highest BCUT2D eigenvalue weighted by Crippen LogP contribution is 2.23. The van der Waals surface area contributed by atoms with Crippen LogP contribution in [0.1, 0.15) is 32.1 Å². The summed E-state index contributed by atoms with van der Waals surface area (Å²) in [4.78, 5) is 0. The predicted molar refractivity (Wildman–Crippen MR) is 48.7 cm³/mol. The first-order valence-corrected chi connectivity index (χ1v) is 4.66. The molecule has 0 aliphatic heterocycles. The molecule has 9 heavy (non-hydrogen) atoms. The summed E-state index contributed by atoms with van der Waals surface area (Å²) in [6.45, 7) is 0. The van der Waals surface area contributed by atoms with Gasteiger partial charge in [-0.2, -0.15) is 0 Å². The minimum Gasteiger partial charge on any atom is -0.248 e. The third-order valence-electron chi connectivity index (χ3n) is 2.08. The average Bonchev–Trinajstić information content (AvgIpc) is 1.90. The van der Waals surface area contributed by atoms with E-state index in [0.29, 0.717) is 0 Å². The first-order chi connectivity index (χ1) is 4.30. The third-order valence-corrected chi connectivity index (χ3v) is 2.87. The fourth-order valence-electron chi connectivity index (χ4n) is 1.44. The molecule has 0 spiro atoms. The summed E-state index contributed by atoms with van der Waals surface area (Å²) in [7, 11) is 2.18. The van der Waals surface area contributed by atoms with E-state index in [1.54, 1.807) is 0 Å². The van der Waals surface area contributed by atoms with Gasteiger partial charge in [-0.1, -0.05) is 19.3 Å². The molecule has 1 fully saturated rings. The Balaban J connectivity index is 2.23. The van der Waals surface area contributed by atoms with Crippen molar-refractivity contribution in [1.29, 1.82) is 0 Å². The van der Waals surface area contributed by atoms with Gasteiger partial charge in [-0.05, 0) is 19.9 Å². The van der Waals surface area contributed by atoms with Crippen LogP contribution in [-0.2, 0) is 0 Å². The summed E-state index contributed by atoms with van der Waals surface area (Å²) < 4.78 is 2.33. The zero-order valence-electron chi connectivity index (χ0n) is 5.94. The molecule has 1 saturated carbocycles. The van der Waals surface area contributed by atoms with Gasteiger partial charge in [0.15, 0.2) is 0 Å². The van der Waals surface area contributed by atoms with Crippen molar-refractivity contribution >= 4 is 22.9 Å². The summed E-state index contributed by atoms with van der Waals surface area (Å²) in [6.07, 6.45) is 7.18. The highest BCUT2D eigenvalue weighted by Gasteiger charge is 2.15. The Morgan fingerprint density at radius 2 is 1.78 bits per heavy atom. The number of nitrogens with zero attached hydrogens (tertiary/aromatic N) is 1. The molecule has 0 radical (unpaired) electrons. The van der Waals surface area contributed by atoms with Crippen LogP contribution < -0.4 is 0 Å². The van der Waals surface area contributed by atoms with Crippen LogP contribution in [0.3, 0.4) is 0 Å². The molecule has 1 aliphatic carbocycles. The Morgan fingerprint density at radius 1 is 1.22 bits per heavy atom. The molecule has 0 atom stereocenters. The van der Waals surface area contributed by atoms with Gasteiger partial charge in [0.1, 0.15) is 0 Å². The number of hydrogen-bond acceptors (Lipinski definition) is 1. The largest absolute Gasteiger partial charge is 0.248 e. The molecule has 1 nitrogen and oxygen atoms in total. The lowest BCUT2D eigenvalue weighted by Gasteiger charge is -2.25. The van der Waals surface area contributed by atoms with Crippen molar-refractivity contribution in [2.75, 3.05) is 7.05 Å². The molecule has 1 aliphatic rings. The van der Waals surface area contributed by atoms with E-state index < -0.39 is 0 Å². The van der Waals surface area contributed by atoms with Gasteiger partial charge < -0.3 is 0 Å². The molecule has 0 heterocycles. The first kappa shape index (κ1) is 7.79. The smallest absolute Gasteiger partial charge is 0.0201 e. The Hall–Kier alpha value is 0.690. The topological polar surface area (TPSA) is 3.24 Å². The molecule has 0 aromatic heterocycles. The lowest BCUT2D eigenvalue weighted by Crippen LogP contribution is -2.24. The average molecular weight is 239 g/mol. The SMILES string of the molecule is CN(I)C1CCCCC1. The first-order valence-electron chi connectivity index (χ1n) is 3.69. The van der Waals surface area contributed by atoms with E-state index >= 15 is 0 Å². The molecule has 0 N–H and O–H groups in total. The number of rotatable bonds is 1. The molecule has 54 valence electrons. The molecule has 0 bridgehead atoms. The number of halogens is 1. The summed E-state index contributed by atoms with van der Waals surface area (Å²) >= 11 is 2.40. The van der Waals surface area contributed by atoms with Crippen molar-refractivity contribution in [3.05, 3.63) is 0 Å². The van der Waals surface area contributed by atoms with Crippen molar-refractivity contribution in [1.82, 2.24) is 3.11 Å². The molecular weight excluding hydrogens is 225 g/mol. The number of hydrogen-bond donors (Lipinski definition) is 0. The van der Waals surface area contributed by atoms with Crippen molar-refractivity contribution < 1.29 is 0 Å². The van der Waals surface area contributed by atoms with Crippen LogP contribution in [0.5, 0.6) is 0 Å². The van der Waals surface area contributed by atoms with Crippen LogP contribution in [0.25, 0.3) is 0 Å². The summed E-state index contributed by atoms with van der Waals surface area (Å²) in [6, 6.07) is 0.874. The van der Waals surface area contributed by atoms with E-state index in [4.69, 9.17) is 0 Å². The molecule has 0 unspecified atom stereocenters. The van der Waals surface area contributed by atoms with Crippen LogP contribution in [0, 0.1) is 0 Å². The minimum atomic E-state index is 0.874. The second kappa shape index (κ2) is 3.76. The molecule has 0 amide bonds. The van der Waals surface area contributed by atoms with Gasteiger partial charge in [0.25, 0.3) is 0 Å². The van der Waals surface area contributed by atoms with Gasteiger partial charge in [-0.3, -0.25) is 0 Å². The third kappa shape index (κ3) is 2.42.